The van der Waals surface area contributed by atoms with Crippen LogP contribution in [0.2, 0.25) is 0 Å². The predicted octanol–water partition coefficient (Wildman–Crippen LogP) is 4.09. The first-order valence-corrected chi connectivity index (χ1v) is 5.83. The van der Waals surface area contributed by atoms with Crippen molar-refractivity contribution < 1.29 is 4.74 Å². The van der Waals surface area contributed by atoms with E-state index in [1.165, 1.54) is 10.8 Å². The van der Waals surface area contributed by atoms with E-state index < -0.39 is 0 Å². The van der Waals surface area contributed by atoms with Gasteiger partial charge in [-0.05, 0) is 18.2 Å². The van der Waals surface area contributed by atoms with E-state index in [2.05, 4.69) is 33.0 Å². The zero-order valence-corrected chi connectivity index (χ0v) is 10.3. The average Bonchev–Trinajstić information content (AvgIpc) is 2.69. The molecular formula is C13H10BrNO. The molecule has 0 saturated heterocycles. The van der Waals surface area contributed by atoms with Crippen LogP contribution in [0.5, 0.6) is 5.75 Å². The molecule has 1 heterocycles. The van der Waals surface area contributed by atoms with Crippen LogP contribution in [-0.2, 0) is 0 Å². The van der Waals surface area contributed by atoms with Crippen molar-refractivity contribution in [2.45, 2.75) is 0 Å². The van der Waals surface area contributed by atoms with Crippen LogP contribution in [0.3, 0.4) is 0 Å². The van der Waals surface area contributed by atoms with E-state index in [9.17, 15) is 0 Å². The van der Waals surface area contributed by atoms with E-state index in [0.717, 1.165) is 21.3 Å². The molecule has 16 heavy (non-hydrogen) atoms. The highest BCUT2D eigenvalue weighted by molar-refractivity contribution is 9.10. The Bertz CT molecular complexity index is 672. The molecule has 80 valence electrons. The third-order valence-corrected chi connectivity index (χ3v) is 3.45. The minimum atomic E-state index is 0.870. The van der Waals surface area contributed by atoms with E-state index >= 15 is 0 Å². The van der Waals surface area contributed by atoms with Crippen molar-refractivity contribution in [3.63, 3.8) is 0 Å². The van der Waals surface area contributed by atoms with Crippen LogP contribution in [0.1, 0.15) is 0 Å². The number of H-pyrrole nitrogens is 1. The lowest BCUT2D eigenvalue weighted by molar-refractivity contribution is 0.419. The van der Waals surface area contributed by atoms with Gasteiger partial charge in [0.15, 0.2) is 0 Å². The number of aromatic amines is 1. The normalized spacial score (nSPS) is 11.1. The van der Waals surface area contributed by atoms with Crippen LogP contribution in [0.4, 0.5) is 0 Å². The third-order valence-electron chi connectivity index (χ3n) is 2.79. The average molecular weight is 276 g/mol. The van der Waals surface area contributed by atoms with E-state index in [1.54, 1.807) is 7.11 Å². The highest BCUT2D eigenvalue weighted by Gasteiger charge is 2.10. The SMILES string of the molecule is COc1ccc(Br)c2c1[nH]c1ccccc12. The maximum Gasteiger partial charge on any atom is 0.143 e. The summed E-state index contributed by atoms with van der Waals surface area (Å²) in [5, 5.41) is 2.39. The molecule has 0 fully saturated rings. The van der Waals surface area contributed by atoms with Crippen molar-refractivity contribution in [3.05, 3.63) is 40.9 Å². The summed E-state index contributed by atoms with van der Waals surface area (Å²) in [4.78, 5) is 3.38. The minimum Gasteiger partial charge on any atom is -0.495 e. The number of hydrogen-bond acceptors (Lipinski definition) is 1. The number of ether oxygens (including phenoxy) is 1. The maximum atomic E-state index is 5.36. The number of aromatic nitrogens is 1. The fourth-order valence-corrected chi connectivity index (χ4v) is 2.60. The smallest absolute Gasteiger partial charge is 0.143 e. The van der Waals surface area contributed by atoms with Gasteiger partial charge in [-0.15, -0.1) is 0 Å². The van der Waals surface area contributed by atoms with Crippen LogP contribution >= 0.6 is 15.9 Å². The summed E-state index contributed by atoms with van der Waals surface area (Å²) in [5.74, 6) is 0.870. The van der Waals surface area contributed by atoms with Gasteiger partial charge >= 0.3 is 0 Å². The molecule has 0 unspecified atom stereocenters. The molecule has 0 saturated carbocycles. The van der Waals surface area contributed by atoms with Gasteiger partial charge < -0.3 is 9.72 Å². The molecule has 3 rings (SSSR count). The van der Waals surface area contributed by atoms with E-state index in [4.69, 9.17) is 4.74 Å². The lowest BCUT2D eigenvalue weighted by Crippen LogP contribution is -1.84. The number of halogens is 1. The number of rotatable bonds is 1. The maximum absolute atomic E-state index is 5.36. The zero-order valence-electron chi connectivity index (χ0n) is 8.75. The Morgan fingerprint density at radius 2 is 1.94 bits per heavy atom. The molecule has 1 N–H and O–H groups in total. The third kappa shape index (κ3) is 1.25. The van der Waals surface area contributed by atoms with Gasteiger partial charge in [-0.3, -0.25) is 0 Å². The summed E-state index contributed by atoms with van der Waals surface area (Å²) in [7, 11) is 1.69. The lowest BCUT2D eigenvalue weighted by atomic mass is 10.1. The number of methoxy groups -OCH3 is 1. The molecule has 0 atom stereocenters. The van der Waals surface area contributed by atoms with Crippen LogP contribution < -0.4 is 4.74 Å². The van der Waals surface area contributed by atoms with Crippen molar-refractivity contribution >= 4 is 37.7 Å². The van der Waals surface area contributed by atoms with E-state index in [1.807, 2.05) is 24.3 Å². The quantitative estimate of drug-likeness (QED) is 0.711. The number of hydrogen-bond donors (Lipinski definition) is 1. The molecule has 3 heteroatoms. The minimum absolute atomic E-state index is 0.870. The number of para-hydroxylation sites is 1. The van der Waals surface area contributed by atoms with Crippen molar-refractivity contribution in [1.82, 2.24) is 4.98 Å². The summed E-state index contributed by atoms with van der Waals surface area (Å²) in [6.45, 7) is 0. The van der Waals surface area contributed by atoms with Gasteiger partial charge in [0.25, 0.3) is 0 Å². The fraction of sp³-hybridized carbons (Fsp3) is 0.0769. The summed E-state index contributed by atoms with van der Waals surface area (Å²) < 4.78 is 6.44. The van der Waals surface area contributed by atoms with E-state index in [0.29, 0.717) is 0 Å². The first-order chi connectivity index (χ1) is 7.81. The van der Waals surface area contributed by atoms with Gasteiger partial charge in [0.05, 0.1) is 12.6 Å². The van der Waals surface area contributed by atoms with Gasteiger partial charge in [-0.1, -0.05) is 34.1 Å². The van der Waals surface area contributed by atoms with Gasteiger partial charge in [-0.25, -0.2) is 0 Å². The fourth-order valence-electron chi connectivity index (χ4n) is 2.06. The Hall–Kier alpha value is -1.48. The Balaban J connectivity index is 2.58. The topological polar surface area (TPSA) is 25.0 Å². The Morgan fingerprint density at radius 1 is 1.12 bits per heavy atom. The molecule has 0 bridgehead atoms. The molecule has 0 radical (unpaired) electrons. The molecular weight excluding hydrogens is 266 g/mol. The second-order valence-electron chi connectivity index (χ2n) is 3.67. The summed E-state index contributed by atoms with van der Waals surface area (Å²) >= 11 is 3.58. The molecule has 2 nitrogen and oxygen atoms in total. The lowest BCUT2D eigenvalue weighted by Gasteiger charge is -2.02. The molecule has 0 aliphatic carbocycles. The monoisotopic (exact) mass is 275 g/mol. The second-order valence-corrected chi connectivity index (χ2v) is 4.52. The van der Waals surface area contributed by atoms with Gasteiger partial charge in [0.1, 0.15) is 5.75 Å². The molecule has 2 aromatic carbocycles. The molecule has 0 spiro atoms. The highest BCUT2D eigenvalue weighted by Crippen LogP contribution is 2.36. The number of fused-ring (bicyclic) bond motifs is 3. The number of benzene rings is 2. The van der Waals surface area contributed by atoms with Gasteiger partial charge in [-0.2, -0.15) is 0 Å². The van der Waals surface area contributed by atoms with Gasteiger partial charge in [0.2, 0.25) is 0 Å². The molecule has 1 aromatic heterocycles. The summed E-state index contributed by atoms with van der Waals surface area (Å²) in [5.41, 5.74) is 2.17. The van der Waals surface area contributed by atoms with Crippen molar-refractivity contribution in [1.29, 1.82) is 0 Å². The summed E-state index contributed by atoms with van der Waals surface area (Å²) in [6, 6.07) is 12.2. The van der Waals surface area contributed by atoms with Crippen molar-refractivity contribution in [3.8, 4) is 5.75 Å². The predicted molar refractivity (Wildman–Crippen MR) is 70.1 cm³/mol. The molecule has 0 amide bonds. The summed E-state index contributed by atoms with van der Waals surface area (Å²) in [6.07, 6.45) is 0. The first kappa shape index (κ1) is 9.73. The van der Waals surface area contributed by atoms with Crippen LogP contribution in [0.15, 0.2) is 40.9 Å². The zero-order chi connectivity index (χ0) is 11.1. The van der Waals surface area contributed by atoms with Crippen LogP contribution in [-0.4, -0.2) is 12.1 Å². The number of nitrogens with one attached hydrogen (secondary N) is 1. The Labute approximate surface area is 101 Å². The molecule has 0 aliphatic rings. The first-order valence-electron chi connectivity index (χ1n) is 5.04. The largest absolute Gasteiger partial charge is 0.495 e. The van der Waals surface area contributed by atoms with Crippen LogP contribution in [0, 0.1) is 0 Å². The molecule has 0 aliphatic heterocycles. The van der Waals surface area contributed by atoms with Crippen molar-refractivity contribution in [2.75, 3.05) is 7.11 Å². The van der Waals surface area contributed by atoms with Gasteiger partial charge in [0, 0.05) is 20.8 Å². The van der Waals surface area contributed by atoms with Crippen molar-refractivity contribution in [2.24, 2.45) is 0 Å². The molecule has 3 aromatic rings. The second kappa shape index (κ2) is 3.52. The standard InChI is InChI=1S/C13H10BrNO/c1-16-11-7-6-9(14)12-8-4-2-3-5-10(8)15-13(11)12/h2-7,15H,1H3. The Morgan fingerprint density at radius 3 is 2.75 bits per heavy atom. The van der Waals surface area contributed by atoms with Crippen LogP contribution in [0.25, 0.3) is 21.8 Å². The Kier molecular flexibility index (Phi) is 2.14. The van der Waals surface area contributed by atoms with E-state index in [-0.39, 0.29) is 0 Å². The highest BCUT2D eigenvalue weighted by atomic mass is 79.9.